The molecule has 0 N–H and O–H groups in total. The number of halogens is 1. The average Bonchev–Trinajstić information content (AvgIpc) is 3.16. The Bertz CT molecular complexity index is 1310. The molecule has 1 spiro atoms. The fourth-order valence-electron chi connectivity index (χ4n) is 5.23. The van der Waals surface area contributed by atoms with E-state index in [0.29, 0.717) is 11.3 Å². The second-order valence-corrected chi connectivity index (χ2v) is 9.14. The summed E-state index contributed by atoms with van der Waals surface area (Å²) in [5.74, 6) is -0.430. The Labute approximate surface area is 198 Å². The van der Waals surface area contributed by atoms with Crippen molar-refractivity contribution in [3.05, 3.63) is 96.1 Å². The predicted molar refractivity (Wildman–Crippen MR) is 129 cm³/mol. The summed E-state index contributed by atoms with van der Waals surface area (Å²) in [4.78, 5) is 21.1. The number of hydrogen-bond donors (Lipinski definition) is 0. The van der Waals surface area contributed by atoms with Crippen LogP contribution in [-0.2, 0) is 11.3 Å². The Balaban J connectivity index is 1.34. The molecule has 3 aromatic rings. The van der Waals surface area contributed by atoms with E-state index in [-0.39, 0.29) is 17.8 Å². The minimum atomic E-state index is -0.425. The van der Waals surface area contributed by atoms with Gasteiger partial charge in [-0.1, -0.05) is 30.3 Å². The van der Waals surface area contributed by atoms with Gasteiger partial charge in [0.05, 0.1) is 11.1 Å². The van der Waals surface area contributed by atoms with Crippen molar-refractivity contribution in [3.8, 4) is 17.2 Å². The van der Waals surface area contributed by atoms with Crippen molar-refractivity contribution in [3.63, 3.8) is 0 Å². The van der Waals surface area contributed by atoms with Crippen LogP contribution in [-0.4, -0.2) is 33.9 Å². The summed E-state index contributed by atoms with van der Waals surface area (Å²) in [7, 11) is 0. The molecule has 0 radical (unpaired) electrons. The van der Waals surface area contributed by atoms with Crippen LogP contribution in [0.5, 0.6) is 0 Å². The monoisotopic (exact) mass is 452 g/mol. The number of nitriles is 1. The molecule has 2 aromatic carbocycles. The van der Waals surface area contributed by atoms with Gasteiger partial charge in [-0.25, -0.2) is 4.39 Å². The minimum absolute atomic E-state index is 0.0906. The first kappa shape index (κ1) is 22.0. The van der Waals surface area contributed by atoms with Crippen molar-refractivity contribution in [1.29, 1.82) is 5.26 Å². The Morgan fingerprint density at radius 1 is 1.15 bits per heavy atom. The quantitative estimate of drug-likeness (QED) is 0.554. The highest BCUT2D eigenvalue weighted by atomic mass is 19.1. The summed E-state index contributed by atoms with van der Waals surface area (Å²) < 4.78 is 13.9. The first-order chi connectivity index (χ1) is 16.5. The number of aromatic nitrogens is 1. The van der Waals surface area contributed by atoms with Crippen LogP contribution in [0.25, 0.3) is 11.1 Å². The van der Waals surface area contributed by atoms with Gasteiger partial charge in [0.2, 0.25) is 0 Å². The minimum Gasteiger partial charge on any atom is -0.299 e. The smallest absolute Gasteiger partial charge is 0.251 e. The highest BCUT2D eigenvalue weighted by Gasteiger charge is 2.46. The number of benzene rings is 2. The maximum absolute atomic E-state index is 13.9. The molecule has 2 aliphatic rings. The van der Waals surface area contributed by atoms with E-state index in [0.717, 1.165) is 37.1 Å². The largest absolute Gasteiger partial charge is 0.299 e. The van der Waals surface area contributed by atoms with Crippen LogP contribution >= 0.6 is 0 Å². The van der Waals surface area contributed by atoms with Crippen molar-refractivity contribution in [1.82, 2.24) is 9.88 Å². The van der Waals surface area contributed by atoms with E-state index < -0.39 is 5.54 Å². The number of piperidine rings is 1. The maximum atomic E-state index is 13.9. The van der Waals surface area contributed by atoms with Crippen molar-refractivity contribution >= 4 is 11.6 Å². The van der Waals surface area contributed by atoms with Gasteiger partial charge in [-0.15, -0.1) is 0 Å². The maximum Gasteiger partial charge on any atom is 0.251 e. The van der Waals surface area contributed by atoms with Crippen molar-refractivity contribution < 1.29 is 9.18 Å². The van der Waals surface area contributed by atoms with Crippen LogP contribution in [0.15, 0.2) is 79.1 Å². The molecule has 1 amide bonds. The third-order valence-electron chi connectivity index (χ3n) is 6.89. The van der Waals surface area contributed by atoms with Gasteiger partial charge in [0.15, 0.2) is 0 Å². The molecule has 1 fully saturated rings. The zero-order chi connectivity index (χ0) is 23.7. The molecule has 6 heteroatoms. The van der Waals surface area contributed by atoms with Gasteiger partial charge in [0.1, 0.15) is 11.9 Å². The van der Waals surface area contributed by atoms with E-state index >= 15 is 0 Å². The van der Waals surface area contributed by atoms with E-state index in [4.69, 9.17) is 0 Å². The summed E-state index contributed by atoms with van der Waals surface area (Å²) in [6.45, 7) is 3.79. The lowest BCUT2D eigenvalue weighted by Crippen LogP contribution is -2.56. The van der Waals surface area contributed by atoms with Gasteiger partial charge in [0.25, 0.3) is 5.91 Å². The highest BCUT2D eigenvalue weighted by Crippen LogP contribution is 2.41. The Morgan fingerprint density at radius 3 is 2.79 bits per heavy atom. The summed E-state index contributed by atoms with van der Waals surface area (Å²) in [6.07, 6.45) is 8.53. The van der Waals surface area contributed by atoms with Gasteiger partial charge in [0, 0.05) is 48.9 Å². The number of carbonyl (C=O) groups excluding carboxylic acids is 1. The lowest BCUT2D eigenvalue weighted by molar-refractivity contribution is -0.114. The molecule has 34 heavy (non-hydrogen) atoms. The summed E-state index contributed by atoms with van der Waals surface area (Å²) in [5.41, 5.74) is 3.86. The van der Waals surface area contributed by atoms with E-state index in [2.05, 4.69) is 35.0 Å². The van der Waals surface area contributed by atoms with Gasteiger partial charge in [-0.2, -0.15) is 5.26 Å². The molecule has 3 heterocycles. The van der Waals surface area contributed by atoms with Crippen LogP contribution < -0.4 is 4.90 Å². The number of rotatable bonds is 4. The zero-order valence-corrected chi connectivity index (χ0v) is 19.0. The number of amides is 1. The van der Waals surface area contributed by atoms with E-state index in [1.165, 1.54) is 17.7 Å². The molecule has 1 aromatic heterocycles. The fourth-order valence-corrected chi connectivity index (χ4v) is 5.23. The number of pyridine rings is 1. The zero-order valence-electron chi connectivity index (χ0n) is 19.0. The molecular weight excluding hydrogens is 427 g/mol. The first-order valence-corrected chi connectivity index (χ1v) is 11.4. The Hall–Kier alpha value is -3.82. The lowest BCUT2D eigenvalue weighted by atomic mass is 9.82. The summed E-state index contributed by atoms with van der Waals surface area (Å²) >= 11 is 0. The third kappa shape index (κ3) is 4.11. The standard InChI is InChI=1S/C28H25FN4O/c1-20-15-28(9-8-27(34)33(28)26-7-3-6-25(29)14-26)10-11-32(20)19-21-4-2-5-23(12-21)24-13-22(16-30)17-31-18-24/h2-9,12-14,17-18,20H,10-11,15,19H2,1H3. The third-order valence-corrected chi connectivity index (χ3v) is 6.89. The first-order valence-electron chi connectivity index (χ1n) is 11.4. The van der Waals surface area contributed by atoms with Gasteiger partial charge in [-0.05, 0) is 61.2 Å². The number of likely N-dealkylation sites (tertiary alicyclic amines) is 1. The molecule has 2 atom stereocenters. The normalized spacial score (nSPS) is 22.3. The number of carbonyl (C=O) groups is 1. The van der Waals surface area contributed by atoms with Crippen molar-refractivity contribution in [2.24, 2.45) is 0 Å². The molecule has 5 nitrogen and oxygen atoms in total. The van der Waals surface area contributed by atoms with Crippen molar-refractivity contribution in [2.75, 3.05) is 11.4 Å². The topological polar surface area (TPSA) is 60.2 Å². The molecule has 170 valence electrons. The van der Waals surface area contributed by atoms with Gasteiger partial charge >= 0.3 is 0 Å². The Kier molecular flexibility index (Phi) is 5.72. The average molecular weight is 453 g/mol. The molecular formula is C28H25FN4O. The molecule has 2 aliphatic heterocycles. The molecule has 0 saturated carbocycles. The molecule has 0 bridgehead atoms. The molecule has 1 saturated heterocycles. The second-order valence-electron chi connectivity index (χ2n) is 9.14. The van der Waals surface area contributed by atoms with Gasteiger partial charge < -0.3 is 0 Å². The van der Waals surface area contributed by atoms with E-state index in [9.17, 15) is 14.4 Å². The van der Waals surface area contributed by atoms with Crippen LogP contribution in [0.1, 0.15) is 30.9 Å². The van der Waals surface area contributed by atoms with E-state index in [1.807, 2.05) is 24.3 Å². The number of nitrogens with zero attached hydrogens (tertiary/aromatic N) is 4. The van der Waals surface area contributed by atoms with Crippen LogP contribution in [0, 0.1) is 17.1 Å². The fraction of sp³-hybridized carbons (Fsp3) is 0.250. The Morgan fingerprint density at radius 2 is 2.00 bits per heavy atom. The second kappa shape index (κ2) is 8.85. The molecule has 0 aliphatic carbocycles. The predicted octanol–water partition coefficient (Wildman–Crippen LogP) is 5.09. The van der Waals surface area contributed by atoms with Gasteiger partial charge in [-0.3, -0.25) is 19.6 Å². The number of hydrogen-bond acceptors (Lipinski definition) is 4. The molecule has 2 unspecified atom stereocenters. The SMILES string of the molecule is CC1CC2(C=CC(=O)N2c2cccc(F)c2)CCN1Cc1cccc(-c2cncc(C#N)c2)c1. The van der Waals surface area contributed by atoms with E-state index in [1.54, 1.807) is 35.5 Å². The molecule has 5 rings (SSSR count). The number of anilines is 1. The summed E-state index contributed by atoms with van der Waals surface area (Å²) in [6, 6.07) is 18.8. The van der Waals surface area contributed by atoms with Crippen LogP contribution in [0.3, 0.4) is 0 Å². The van der Waals surface area contributed by atoms with Crippen LogP contribution in [0.2, 0.25) is 0 Å². The summed E-state index contributed by atoms with van der Waals surface area (Å²) in [5, 5.41) is 9.17. The van der Waals surface area contributed by atoms with Crippen molar-refractivity contribution in [2.45, 2.75) is 37.9 Å². The van der Waals surface area contributed by atoms with Crippen LogP contribution in [0.4, 0.5) is 10.1 Å². The lowest BCUT2D eigenvalue weighted by Gasteiger charge is -2.47. The highest BCUT2D eigenvalue weighted by molar-refractivity contribution is 6.06.